The summed E-state index contributed by atoms with van der Waals surface area (Å²) in [5, 5.41) is 2.80. The fourth-order valence-electron chi connectivity index (χ4n) is 1.57. The van der Waals surface area contributed by atoms with E-state index in [1.807, 2.05) is 0 Å². The van der Waals surface area contributed by atoms with Gasteiger partial charge in [-0.25, -0.2) is 0 Å². The molecule has 0 fully saturated rings. The van der Waals surface area contributed by atoms with Crippen molar-refractivity contribution < 1.29 is 4.79 Å². The Kier molecular flexibility index (Phi) is 5.22. The number of carbonyl (C=O) groups excluding carboxylic acids is 1. The molecule has 5 heteroatoms. The molecule has 0 aliphatic heterocycles. The number of aromatic amines is 1. The summed E-state index contributed by atoms with van der Waals surface area (Å²) >= 11 is 5.79. The molecule has 0 aliphatic rings. The van der Waals surface area contributed by atoms with Gasteiger partial charge in [0.25, 0.3) is 5.91 Å². The lowest BCUT2D eigenvalue weighted by atomic mass is 10.1. The van der Waals surface area contributed by atoms with Crippen LogP contribution < -0.4 is 10.9 Å². The van der Waals surface area contributed by atoms with Crippen LogP contribution in [0.1, 0.15) is 30.8 Å². The van der Waals surface area contributed by atoms with Crippen molar-refractivity contribution in [3.05, 3.63) is 34.2 Å². The van der Waals surface area contributed by atoms with Gasteiger partial charge in [-0.2, -0.15) is 0 Å². The fourth-order valence-corrected chi connectivity index (χ4v) is 1.78. The summed E-state index contributed by atoms with van der Waals surface area (Å²) in [6.45, 7) is 4.13. The Hall–Kier alpha value is -1.29. The minimum Gasteiger partial charge on any atom is -0.347 e. The highest BCUT2D eigenvalue weighted by molar-refractivity contribution is 6.18. The minimum atomic E-state index is -0.297. The summed E-state index contributed by atoms with van der Waals surface area (Å²) in [5.41, 5.74) is -0.0275. The zero-order valence-electron chi connectivity index (χ0n) is 10.00. The second-order valence-electron chi connectivity index (χ2n) is 4.38. The maximum atomic E-state index is 11.8. The van der Waals surface area contributed by atoms with Gasteiger partial charge in [0.05, 0.1) is 0 Å². The molecule has 17 heavy (non-hydrogen) atoms. The predicted molar refractivity (Wildman–Crippen MR) is 68.5 cm³/mol. The van der Waals surface area contributed by atoms with E-state index in [9.17, 15) is 9.59 Å². The molecule has 1 rings (SSSR count). The van der Waals surface area contributed by atoms with Crippen molar-refractivity contribution in [2.75, 3.05) is 5.88 Å². The Labute approximate surface area is 105 Å². The predicted octanol–water partition coefficient (Wildman–Crippen LogP) is 1.76. The Morgan fingerprint density at radius 1 is 1.47 bits per heavy atom. The molecule has 0 radical (unpaired) electrons. The van der Waals surface area contributed by atoms with Crippen molar-refractivity contribution in [2.24, 2.45) is 5.92 Å². The van der Waals surface area contributed by atoms with Crippen LogP contribution in [0.5, 0.6) is 0 Å². The van der Waals surface area contributed by atoms with Crippen LogP contribution in [-0.4, -0.2) is 22.8 Å². The second kappa shape index (κ2) is 6.45. The van der Waals surface area contributed by atoms with Crippen LogP contribution in [-0.2, 0) is 0 Å². The molecule has 1 aromatic rings. The number of H-pyrrole nitrogens is 1. The first-order valence-electron chi connectivity index (χ1n) is 5.59. The third-order valence-corrected chi connectivity index (χ3v) is 2.66. The number of amides is 1. The monoisotopic (exact) mass is 256 g/mol. The molecule has 0 saturated carbocycles. The standard InChI is InChI=1S/C12H17ClN2O2/c1-8(2)6-9(7-13)14-12(17)10-4-3-5-11(16)15-10/h3-5,8-9H,6-7H2,1-2H3,(H,14,17)(H,15,16). The molecule has 1 amide bonds. The molecular weight excluding hydrogens is 240 g/mol. The first-order chi connectivity index (χ1) is 8.02. The van der Waals surface area contributed by atoms with Gasteiger partial charge in [0.15, 0.2) is 0 Å². The molecule has 4 nitrogen and oxygen atoms in total. The highest BCUT2D eigenvalue weighted by Crippen LogP contribution is 2.06. The van der Waals surface area contributed by atoms with Gasteiger partial charge < -0.3 is 10.3 Å². The highest BCUT2D eigenvalue weighted by Gasteiger charge is 2.14. The number of rotatable bonds is 5. The number of alkyl halides is 1. The third-order valence-electron chi connectivity index (χ3n) is 2.29. The van der Waals surface area contributed by atoms with E-state index < -0.39 is 0 Å². The molecule has 0 bridgehead atoms. The summed E-state index contributed by atoms with van der Waals surface area (Å²) in [6, 6.07) is 4.40. The topological polar surface area (TPSA) is 62.0 Å². The largest absolute Gasteiger partial charge is 0.347 e. The third kappa shape index (κ3) is 4.61. The van der Waals surface area contributed by atoms with Crippen LogP contribution in [0, 0.1) is 5.92 Å². The van der Waals surface area contributed by atoms with Gasteiger partial charge in [0.1, 0.15) is 5.69 Å². The Morgan fingerprint density at radius 2 is 2.18 bits per heavy atom. The zero-order chi connectivity index (χ0) is 12.8. The molecular formula is C12H17ClN2O2. The molecule has 0 aromatic carbocycles. The Morgan fingerprint density at radius 3 is 2.71 bits per heavy atom. The minimum absolute atomic E-state index is 0.0760. The van der Waals surface area contributed by atoms with Gasteiger partial charge in [0, 0.05) is 18.0 Å². The number of hydrogen-bond acceptors (Lipinski definition) is 2. The van der Waals surface area contributed by atoms with Crippen LogP contribution in [0.15, 0.2) is 23.0 Å². The summed E-state index contributed by atoms with van der Waals surface area (Å²) in [7, 11) is 0. The highest BCUT2D eigenvalue weighted by atomic mass is 35.5. The average Bonchev–Trinajstić information content (AvgIpc) is 2.27. The van der Waals surface area contributed by atoms with E-state index in [1.54, 1.807) is 12.1 Å². The Bertz CT molecular complexity index is 429. The zero-order valence-corrected chi connectivity index (χ0v) is 10.8. The lowest BCUT2D eigenvalue weighted by molar-refractivity contribution is 0.0931. The van der Waals surface area contributed by atoms with Crippen molar-refractivity contribution in [1.29, 1.82) is 0 Å². The van der Waals surface area contributed by atoms with Crippen molar-refractivity contribution in [1.82, 2.24) is 10.3 Å². The van der Waals surface area contributed by atoms with E-state index in [2.05, 4.69) is 24.1 Å². The molecule has 2 N–H and O–H groups in total. The molecule has 1 aromatic heterocycles. The lowest BCUT2D eigenvalue weighted by Gasteiger charge is -2.17. The summed E-state index contributed by atoms with van der Waals surface area (Å²) in [6.07, 6.45) is 0.812. The first-order valence-corrected chi connectivity index (χ1v) is 6.12. The van der Waals surface area contributed by atoms with Gasteiger partial charge in [-0.05, 0) is 18.4 Å². The molecule has 0 spiro atoms. The number of carbonyl (C=O) groups is 1. The average molecular weight is 257 g/mol. The van der Waals surface area contributed by atoms with Crippen molar-refractivity contribution in [3.8, 4) is 0 Å². The second-order valence-corrected chi connectivity index (χ2v) is 4.69. The summed E-state index contributed by atoms with van der Waals surface area (Å²) in [5.74, 6) is 0.518. The van der Waals surface area contributed by atoms with Gasteiger partial charge in [-0.3, -0.25) is 9.59 Å². The van der Waals surface area contributed by atoms with E-state index in [0.29, 0.717) is 11.8 Å². The van der Waals surface area contributed by atoms with Gasteiger partial charge in [-0.15, -0.1) is 11.6 Å². The van der Waals surface area contributed by atoms with Crippen LogP contribution >= 0.6 is 11.6 Å². The molecule has 1 heterocycles. The van der Waals surface area contributed by atoms with Crippen LogP contribution in [0.25, 0.3) is 0 Å². The number of hydrogen-bond donors (Lipinski definition) is 2. The van der Waals surface area contributed by atoms with Gasteiger partial charge in [0.2, 0.25) is 5.56 Å². The number of halogens is 1. The van der Waals surface area contributed by atoms with E-state index in [1.165, 1.54) is 6.07 Å². The lowest BCUT2D eigenvalue weighted by Crippen LogP contribution is -2.38. The molecule has 1 unspecified atom stereocenters. The van der Waals surface area contributed by atoms with Crippen LogP contribution in [0.2, 0.25) is 0 Å². The van der Waals surface area contributed by atoms with Crippen LogP contribution in [0.3, 0.4) is 0 Å². The molecule has 94 valence electrons. The van der Waals surface area contributed by atoms with Gasteiger partial charge >= 0.3 is 0 Å². The van der Waals surface area contributed by atoms with E-state index >= 15 is 0 Å². The van der Waals surface area contributed by atoms with Crippen molar-refractivity contribution in [3.63, 3.8) is 0 Å². The smallest absolute Gasteiger partial charge is 0.268 e. The summed E-state index contributed by atoms with van der Waals surface area (Å²) < 4.78 is 0. The maximum Gasteiger partial charge on any atom is 0.268 e. The molecule has 0 saturated heterocycles. The number of nitrogens with one attached hydrogen (secondary N) is 2. The maximum absolute atomic E-state index is 11.8. The van der Waals surface area contributed by atoms with E-state index in [0.717, 1.165) is 6.42 Å². The quantitative estimate of drug-likeness (QED) is 0.789. The Balaban J connectivity index is 2.67. The number of pyridine rings is 1. The van der Waals surface area contributed by atoms with Gasteiger partial charge in [-0.1, -0.05) is 19.9 Å². The normalized spacial score (nSPS) is 12.5. The fraction of sp³-hybridized carbons (Fsp3) is 0.500. The number of aromatic nitrogens is 1. The van der Waals surface area contributed by atoms with E-state index in [-0.39, 0.29) is 23.2 Å². The molecule has 0 aliphatic carbocycles. The van der Waals surface area contributed by atoms with Crippen LogP contribution in [0.4, 0.5) is 0 Å². The SMILES string of the molecule is CC(C)CC(CCl)NC(=O)c1cccc(=O)[nH]1. The summed E-state index contributed by atoms with van der Waals surface area (Å²) in [4.78, 5) is 25.4. The van der Waals surface area contributed by atoms with E-state index in [4.69, 9.17) is 11.6 Å². The first kappa shape index (κ1) is 13.8. The van der Waals surface area contributed by atoms with Crippen molar-refractivity contribution in [2.45, 2.75) is 26.3 Å². The van der Waals surface area contributed by atoms with Crippen molar-refractivity contribution >= 4 is 17.5 Å². The molecule has 1 atom stereocenters.